The van der Waals surface area contributed by atoms with Crippen molar-refractivity contribution in [3.63, 3.8) is 0 Å². The first kappa shape index (κ1) is 14.8. The highest BCUT2D eigenvalue weighted by molar-refractivity contribution is 8.00. The second-order valence-electron chi connectivity index (χ2n) is 3.01. The highest BCUT2D eigenvalue weighted by atomic mass is 32.2. The minimum Gasteiger partial charge on any atom is -0.481 e. The van der Waals surface area contributed by atoms with Gasteiger partial charge in [0, 0.05) is 12.3 Å². The third-order valence-corrected chi connectivity index (χ3v) is 2.78. The van der Waals surface area contributed by atoms with Crippen LogP contribution in [0, 0.1) is 0 Å². The molecule has 0 fully saturated rings. The van der Waals surface area contributed by atoms with Gasteiger partial charge in [0.2, 0.25) is 5.91 Å². The molecule has 1 atom stereocenters. The van der Waals surface area contributed by atoms with Gasteiger partial charge < -0.3 is 10.4 Å². The number of aliphatic carboxylic acids is 1. The Morgan fingerprint density at radius 3 is 2.50 bits per heavy atom. The zero-order valence-electron chi connectivity index (χ0n) is 9.28. The molecule has 7 heteroatoms. The highest BCUT2D eigenvalue weighted by Crippen LogP contribution is 2.11. The van der Waals surface area contributed by atoms with Crippen LogP contribution in [0.1, 0.15) is 20.3 Å². The van der Waals surface area contributed by atoms with Gasteiger partial charge in [0.1, 0.15) is 0 Å². The van der Waals surface area contributed by atoms with Crippen molar-refractivity contribution < 1.29 is 19.5 Å². The summed E-state index contributed by atoms with van der Waals surface area (Å²) in [6.07, 6.45) is 0.00342. The van der Waals surface area contributed by atoms with Crippen LogP contribution in [0.25, 0.3) is 0 Å². The molecule has 0 aliphatic rings. The van der Waals surface area contributed by atoms with Crippen LogP contribution in [-0.2, 0) is 9.59 Å². The van der Waals surface area contributed by atoms with Crippen LogP contribution < -0.4 is 10.6 Å². The van der Waals surface area contributed by atoms with Crippen LogP contribution in [0.15, 0.2) is 0 Å². The summed E-state index contributed by atoms with van der Waals surface area (Å²) in [4.78, 5) is 32.6. The van der Waals surface area contributed by atoms with E-state index in [1.54, 1.807) is 13.8 Å². The van der Waals surface area contributed by atoms with Crippen LogP contribution in [0.2, 0.25) is 0 Å². The molecule has 0 aliphatic heterocycles. The van der Waals surface area contributed by atoms with E-state index < -0.39 is 23.2 Å². The van der Waals surface area contributed by atoms with Gasteiger partial charge >= 0.3 is 12.0 Å². The van der Waals surface area contributed by atoms with Gasteiger partial charge in [-0.3, -0.25) is 14.9 Å². The lowest BCUT2D eigenvalue weighted by Gasteiger charge is -2.10. The van der Waals surface area contributed by atoms with Gasteiger partial charge in [-0.05, 0) is 13.8 Å². The van der Waals surface area contributed by atoms with Gasteiger partial charge in [0.05, 0.1) is 11.7 Å². The summed E-state index contributed by atoms with van der Waals surface area (Å²) in [6, 6.07) is -0.529. The summed E-state index contributed by atoms with van der Waals surface area (Å²) in [5, 5.41) is 12.6. The molecule has 0 heterocycles. The van der Waals surface area contributed by atoms with Crippen molar-refractivity contribution in [2.24, 2.45) is 0 Å². The van der Waals surface area contributed by atoms with Crippen molar-refractivity contribution in [3.8, 4) is 0 Å². The zero-order valence-corrected chi connectivity index (χ0v) is 10.1. The third-order valence-electron chi connectivity index (χ3n) is 1.63. The number of amides is 3. The predicted octanol–water partition coefficient (Wildman–Crippen LogP) is 0.428. The lowest BCUT2D eigenvalue weighted by Crippen LogP contribution is -2.42. The molecule has 0 saturated carbocycles. The normalized spacial score (nSPS) is 11.6. The Kier molecular flexibility index (Phi) is 7.36. The van der Waals surface area contributed by atoms with Crippen molar-refractivity contribution in [2.45, 2.75) is 25.5 Å². The second kappa shape index (κ2) is 7.98. The van der Waals surface area contributed by atoms with Gasteiger partial charge in [-0.25, -0.2) is 4.79 Å². The summed E-state index contributed by atoms with van der Waals surface area (Å²) in [5.74, 6) is -0.968. The van der Waals surface area contributed by atoms with E-state index in [9.17, 15) is 14.4 Å². The number of carbonyl (C=O) groups is 3. The fraction of sp³-hybridized carbons (Fsp3) is 0.667. The van der Waals surface area contributed by atoms with E-state index in [0.29, 0.717) is 12.3 Å². The molecule has 0 rings (SSSR count). The molecule has 3 N–H and O–H groups in total. The molecule has 1 unspecified atom stereocenters. The maximum absolute atomic E-state index is 11.4. The summed E-state index contributed by atoms with van der Waals surface area (Å²) in [5.41, 5.74) is 0. The SMILES string of the molecule is CCNC(=O)NC(=O)C(C)SCCC(=O)O. The molecule has 0 spiro atoms. The Labute approximate surface area is 98.2 Å². The third kappa shape index (κ3) is 7.10. The average molecular weight is 248 g/mol. The summed E-state index contributed by atoms with van der Waals surface area (Å²) in [7, 11) is 0. The predicted molar refractivity (Wildman–Crippen MR) is 61.4 cm³/mol. The second-order valence-corrected chi connectivity index (χ2v) is 4.45. The number of rotatable bonds is 6. The molecule has 0 bridgehead atoms. The number of thioether (sulfide) groups is 1. The quantitative estimate of drug-likeness (QED) is 0.633. The van der Waals surface area contributed by atoms with E-state index >= 15 is 0 Å². The number of carbonyl (C=O) groups excluding carboxylic acids is 2. The van der Waals surface area contributed by atoms with Gasteiger partial charge in [0.15, 0.2) is 0 Å². The highest BCUT2D eigenvalue weighted by Gasteiger charge is 2.15. The smallest absolute Gasteiger partial charge is 0.321 e. The van der Waals surface area contributed by atoms with Crippen LogP contribution >= 0.6 is 11.8 Å². The molecule has 0 aromatic heterocycles. The molecular formula is C9H16N2O4S. The van der Waals surface area contributed by atoms with E-state index in [0.717, 1.165) is 0 Å². The molecular weight excluding hydrogens is 232 g/mol. The molecule has 0 saturated heterocycles. The maximum Gasteiger partial charge on any atom is 0.321 e. The first-order valence-corrected chi connectivity index (χ1v) is 5.94. The number of hydrogen-bond acceptors (Lipinski definition) is 4. The minimum atomic E-state index is -0.899. The Bertz CT molecular complexity index is 270. The van der Waals surface area contributed by atoms with Crippen molar-refractivity contribution >= 4 is 29.7 Å². The molecule has 0 aliphatic carbocycles. The minimum absolute atomic E-state index is 0.00342. The Balaban J connectivity index is 3.81. The molecule has 0 aromatic rings. The monoisotopic (exact) mass is 248 g/mol. The van der Waals surface area contributed by atoms with Gasteiger partial charge in [-0.2, -0.15) is 0 Å². The Morgan fingerprint density at radius 1 is 1.38 bits per heavy atom. The van der Waals surface area contributed by atoms with Gasteiger partial charge in [-0.15, -0.1) is 11.8 Å². The number of nitrogens with one attached hydrogen (secondary N) is 2. The Morgan fingerprint density at radius 2 is 2.00 bits per heavy atom. The fourth-order valence-electron chi connectivity index (χ4n) is 0.817. The lowest BCUT2D eigenvalue weighted by molar-refractivity contribution is -0.136. The van der Waals surface area contributed by atoms with Crippen molar-refractivity contribution in [3.05, 3.63) is 0 Å². The molecule has 0 radical (unpaired) electrons. The first-order valence-electron chi connectivity index (χ1n) is 4.89. The van der Waals surface area contributed by atoms with Gasteiger partial charge in [-0.1, -0.05) is 0 Å². The van der Waals surface area contributed by atoms with Crippen molar-refractivity contribution in [1.29, 1.82) is 0 Å². The van der Waals surface area contributed by atoms with Crippen LogP contribution in [0.3, 0.4) is 0 Å². The van der Waals surface area contributed by atoms with E-state index in [1.807, 2.05) is 0 Å². The largest absolute Gasteiger partial charge is 0.481 e. The fourth-order valence-corrected chi connectivity index (χ4v) is 1.67. The number of carboxylic acids is 1. The molecule has 16 heavy (non-hydrogen) atoms. The summed E-state index contributed by atoms with van der Waals surface area (Å²) < 4.78 is 0. The number of urea groups is 1. The Hall–Kier alpha value is -1.24. The lowest BCUT2D eigenvalue weighted by atomic mass is 10.4. The van der Waals surface area contributed by atoms with E-state index in [2.05, 4.69) is 10.6 Å². The van der Waals surface area contributed by atoms with E-state index in [1.165, 1.54) is 11.8 Å². The number of carboxylic acid groups (broad SMARTS) is 1. The molecule has 92 valence electrons. The van der Waals surface area contributed by atoms with Crippen LogP contribution in [0.5, 0.6) is 0 Å². The van der Waals surface area contributed by atoms with Crippen LogP contribution in [0.4, 0.5) is 4.79 Å². The molecule has 0 aromatic carbocycles. The summed E-state index contributed by atoms with van der Waals surface area (Å²) >= 11 is 1.20. The number of imide groups is 1. The van der Waals surface area contributed by atoms with Crippen LogP contribution in [-0.4, -0.2) is 40.6 Å². The van der Waals surface area contributed by atoms with Crippen molar-refractivity contribution in [1.82, 2.24) is 10.6 Å². The zero-order chi connectivity index (χ0) is 12.6. The van der Waals surface area contributed by atoms with E-state index in [4.69, 9.17) is 5.11 Å². The average Bonchev–Trinajstić information content (AvgIpc) is 2.17. The van der Waals surface area contributed by atoms with Gasteiger partial charge in [0.25, 0.3) is 0 Å². The molecule has 3 amide bonds. The molecule has 6 nitrogen and oxygen atoms in total. The topological polar surface area (TPSA) is 95.5 Å². The summed E-state index contributed by atoms with van der Waals surface area (Å²) in [6.45, 7) is 3.82. The maximum atomic E-state index is 11.4. The standard InChI is InChI=1S/C9H16N2O4S/c1-3-10-9(15)11-8(14)6(2)16-5-4-7(12)13/h6H,3-5H2,1-2H3,(H,12,13)(H2,10,11,14,15). The van der Waals surface area contributed by atoms with Crippen molar-refractivity contribution in [2.75, 3.05) is 12.3 Å². The van der Waals surface area contributed by atoms with E-state index in [-0.39, 0.29) is 6.42 Å². The first-order chi connectivity index (χ1) is 7.47. The number of hydrogen-bond donors (Lipinski definition) is 3.